The van der Waals surface area contributed by atoms with Crippen molar-refractivity contribution in [3.05, 3.63) is 23.0 Å². The fraction of sp³-hybridized carbons (Fsp3) is 0.611. The Kier molecular flexibility index (Phi) is 5.11. The van der Waals surface area contributed by atoms with Crippen molar-refractivity contribution in [1.29, 1.82) is 0 Å². The minimum Gasteiger partial charge on any atom is -0.396 e. The summed E-state index contributed by atoms with van der Waals surface area (Å²) in [6.45, 7) is 4.97. The van der Waals surface area contributed by atoms with E-state index in [2.05, 4.69) is 28.6 Å². The van der Waals surface area contributed by atoms with Gasteiger partial charge in [0, 0.05) is 38.6 Å². The third-order valence-electron chi connectivity index (χ3n) is 4.84. The summed E-state index contributed by atoms with van der Waals surface area (Å²) in [6.07, 6.45) is 5.79. The Morgan fingerprint density at radius 3 is 2.91 bits per heavy atom. The Morgan fingerprint density at radius 1 is 1.48 bits per heavy atom. The number of aliphatic hydroxyl groups is 1. The van der Waals surface area contributed by atoms with Gasteiger partial charge < -0.3 is 14.7 Å². The van der Waals surface area contributed by atoms with Gasteiger partial charge in [0.25, 0.3) is 0 Å². The first kappa shape index (κ1) is 16.6. The highest BCUT2D eigenvalue weighted by atomic mass is 35.5. The van der Waals surface area contributed by atoms with E-state index in [0.29, 0.717) is 5.15 Å². The van der Waals surface area contributed by atoms with Crippen LogP contribution >= 0.6 is 11.6 Å². The minimum absolute atomic E-state index is 0.0247. The van der Waals surface area contributed by atoms with E-state index in [1.165, 1.54) is 0 Å². The molecule has 2 saturated heterocycles. The number of ether oxygens (including phenoxy) is 1. The van der Waals surface area contributed by atoms with Crippen LogP contribution in [0.3, 0.4) is 0 Å². The quantitative estimate of drug-likeness (QED) is 0.667. The molecule has 23 heavy (non-hydrogen) atoms. The molecule has 3 rings (SSSR count). The van der Waals surface area contributed by atoms with E-state index in [0.717, 1.165) is 56.6 Å². The Balaban J connectivity index is 1.79. The Bertz CT molecular complexity index is 609. The van der Waals surface area contributed by atoms with Crippen LogP contribution in [0.1, 0.15) is 38.2 Å². The number of anilines is 1. The van der Waals surface area contributed by atoms with E-state index in [1.54, 1.807) is 6.20 Å². The summed E-state index contributed by atoms with van der Waals surface area (Å²) in [5.74, 6) is 6.43. The molecule has 1 atom stereocenters. The second-order valence-electron chi connectivity index (χ2n) is 6.75. The zero-order chi connectivity index (χ0) is 16.3. The molecule has 1 aromatic rings. The Labute approximate surface area is 142 Å². The van der Waals surface area contributed by atoms with Gasteiger partial charge in [-0.15, -0.1) is 0 Å². The number of aliphatic hydroxyl groups excluding tert-OH is 1. The van der Waals surface area contributed by atoms with E-state index >= 15 is 0 Å². The molecule has 5 heteroatoms. The highest BCUT2D eigenvalue weighted by Gasteiger charge is 2.30. The van der Waals surface area contributed by atoms with Gasteiger partial charge in [0.15, 0.2) is 0 Å². The lowest BCUT2D eigenvalue weighted by Gasteiger charge is -2.39. The van der Waals surface area contributed by atoms with Crippen LogP contribution in [0.25, 0.3) is 0 Å². The maximum atomic E-state index is 9.53. The molecule has 0 bridgehead atoms. The number of nitrogens with zero attached hydrogens (tertiary/aromatic N) is 2. The van der Waals surface area contributed by atoms with Crippen LogP contribution in [0.5, 0.6) is 0 Å². The van der Waals surface area contributed by atoms with Crippen LogP contribution in [0, 0.1) is 17.3 Å². The third-order valence-corrected chi connectivity index (χ3v) is 5.05. The predicted octanol–water partition coefficient (Wildman–Crippen LogP) is 2.86. The summed E-state index contributed by atoms with van der Waals surface area (Å²) in [7, 11) is 0. The molecule has 0 amide bonds. The number of rotatable bonds is 2. The van der Waals surface area contributed by atoms with Crippen molar-refractivity contribution in [2.45, 2.75) is 38.7 Å². The van der Waals surface area contributed by atoms with Gasteiger partial charge in [-0.2, -0.15) is 0 Å². The van der Waals surface area contributed by atoms with Gasteiger partial charge >= 0.3 is 0 Å². The molecular formula is C18H23ClN2O2. The second-order valence-corrected chi connectivity index (χ2v) is 7.14. The van der Waals surface area contributed by atoms with Gasteiger partial charge in [0.1, 0.15) is 11.3 Å². The summed E-state index contributed by atoms with van der Waals surface area (Å²) in [5, 5.41) is 10.0. The number of hydrogen-bond acceptors (Lipinski definition) is 4. The van der Waals surface area contributed by atoms with Crippen molar-refractivity contribution in [1.82, 2.24) is 4.98 Å². The molecule has 2 aliphatic heterocycles. The monoisotopic (exact) mass is 334 g/mol. The molecule has 0 aromatic carbocycles. The molecule has 0 radical (unpaired) electrons. The zero-order valence-corrected chi connectivity index (χ0v) is 14.3. The van der Waals surface area contributed by atoms with Crippen LogP contribution in [0.2, 0.25) is 5.15 Å². The standard InChI is InChI=1S/C18H23ClN2O2/c1-18(13-22)6-8-21(9-7-18)16-11-17(19)20-12-14(16)4-5-15-3-2-10-23-15/h11-12,15,22H,2-3,6-10,13H2,1H3. The van der Waals surface area contributed by atoms with Gasteiger partial charge in [-0.1, -0.05) is 30.4 Å². The summed E-state index contributed by atoms with van der Waals surface area (Å²) in [5.41, 5.74) is 1.96. The van der Waals surface area contributed by atoms with Gasteiger partial charge in [0.2, 0.25) is 0 Å². The lowest BCUT2D eigenvalue weighted by atomic mass is 9.81. The van der Waals surface area contributed by atoms with E-state index in [9.17, 15) is 5.11 Å². The highest BCUT2D eigenvalue weighted by molar-refractivity contribution is 6.29. The summed E-state index contributed by atoms with van der Waals surface area (Å²) in [4.78, 5) is 6.48. The van der Waals surface area contributed by atoms with Crippen molar-refractivity contribution < 1.29 is 9.84 Å². The lowest BCUT2D eigenvalue weighted by molar-refractivity contribution is 0.115. The number of pyridine rings is 1. The molecule has 1 unspecified atom stereocenters. The van der Waals surface area contributed by atoms with Crippen LogP contribution < -0.4 is 4.90 Å². The first-order chi connectivity index (χ1) is 11.1. The number of halogens is 1. The van der Waals surface area contributed by atoms with Crippen molar-refractivity contribution in [2.24, 2.45) is 5.41 Å². The summed E-state index contributed by atoms with van der Waals surface area (Å²) in [6, 6.07) is 1.89. The molecule has 3 heterocycles. The Hall–Kier alpha value is -1.28. The van der Waals surface area contributed by atoms with Crippen molar-refractivity contribution in [3.8, 4) is 11.8 Å². The summed E-state index contributed by atoms with van der Waals surface area (Å²) < 4.78 is 5.56. The molecule has 0 saturated carbocycles. The van der Waals surface area contributed by atoms with Crippen LogP contribution in [-0.2, 0) is 4.74 Å². The van der Waals surface area contributed by atoms with E-state index < -0.39 is 0 Å². The highest BCUT2D eigenvalue weighted by Crippen LogP contribution is 2.34. The molecule has 0 aliphatic carbocycles. The maximum Gasteiger partial charge on any atom is 0.131 e. The zero-order valence-electron chi connectivity index (χ0n) is 13.5. The topological polar surface area (TPSA) is 45.6 Å². The minimum atomic E-state index is 0.0247. The molecule has 1 N–H and O–H groups in total. The molecule has 2 fully saturated rings. The van der Waals surface area contributed by atoms with Crippen LogP contribution in [0.4, 0.5) is 5.69 Å². The number of hydrogen-bond donors (Lipinski definition) is 1. The average Bonchev–Trinajstić information content (AvgIpc) is 3.08. The van der Waals surface area contributed by atoms with Gasteiger partial charge in [-0.3, -0.25) is 0 Å². The van der Waals surface area contributed by atoms with E-state index in [4.69, 9.17) is 16.3 Å². The van der Waals surface area contributed by atoms with Crippen LogP contribution in [-0.4, -0.2) is 42.5 Å². The molecule has 0 spiro atoms. The van der Waals surface area contributed by atoms with E-state index in [-0.39, 0.29) is 18.1 Å². The SMILES string of the molecule is CC1(CO)CCN(c2cc(Cl)ncc2C#CC2CCCO2)CC1. The smallest absolute Gasteiger partial charge is 0.131 e. The van der Waals surface area contributed by atoms with E-state index in [1.807, 2.05) is 6.07 Å². The van der Waals surface area contributed by atoms with Crippen molar-refractivity contribution in [2.75, 3.05) is 31.2 Å². The molecule has 2 aliphatic rings. The molecule has 4 nitrogen and oxygen atoms in total. The van der Waals surface area contributed by atoms with Gasteiger partial charge in [-0.25, -0.2) is 4.98 Å². The van der Waals surface area contributed by atoms with Gasteiger partial charge in [-0.05, 0) is 31.1 Å². The van der Waals surface area contributed by atoms with Gasteiger partial charge in [0.05, 0.1) is 11.3 Å². The third kappa shape index (κ3) is 3.98. The predicted molar refractivity (Wildman–Crippen MR) is 91.7 cm³/mol. The fourth-order valence-corrected chi connectivity index (χ4v) is 3.23. The van der Waals surface area contributed by atoms with Crippen molar-refractivity contribution in [3.63, 3.8) is 0 Å². The number of piperidine rings is 1. The normalized spacial score (nSPS) is 23.4. The lowest BCUT2D eigenvalue weighted by Crippen LogP contribution is -2.40. The second kappa shape index (κ2) is 7.09. The summed E-state index contributed by atoms with van der Waals surface area (Å²) >= 11 is 6.10. The van der Waals surface area contributed by atoms with Crippen molar-refractivity contribution >= 4 is 17.3 Å². The molecule has 124 valence electrons. The molecule has 1 aromatic heterocycles. The fourth-order valence-electron chi connectivity index (χ4n) is 3.07. The largest absolute Gasteiger partial charge is 0.396 e. The first-order valence-electron chi connectivity index (χ1n) is 8.24. The van der Waals surface area contributed by atoms with Crippen LogP contribution in [0.15, 0.2) is 12.3 Å². The average molecular weight is 335 g/mol. The molecular weight excluding hydrogens is 312 g/mol. The maximum absolute atomic E-state index is 9.53. The Morgan fingerprint density at radius 2 is 2.26 bits per heavy atom. The number of aromatic nitrogens is 1. The first-order valence-corrected chi connectivity index (χ1v) is 8.62.